The van der Waals surface area contributed by atoms with Crippen LogP contribution >= 0.6 is 0 Å². The molecule has 1 heterocycles. The molecule has 86 valence electrons. The van der Waals surface area contributed by atoms with Crippen molar-refractivity contribution >= 4 is 0 Å². The Balaban J connectivity index is 0. The second kappa shape index (κ2) is 11.2. The molecule has 0 spiro atoms. The van der Waals surface area contributed by atoms with E-state index in [0.29, 0.717) is 12.8 Å². The van der Waals surface area contributed by atoms with Gasteiger partial charge in [0.15, 0.2) is 0 Å². The van der Waals surface area contributed by atoms with Gasteiger partial charge in [-0.3, -0.25) is 0 Å². The Labute approximate surface area is 170 Å². The minimum Gasteiger partial charge on any atom is -0.393 e. The fourth-order valence-electron chi connectivity index (χ4n) is 1.96. The molecule has 0 aromatic carbocycles. The third kappa shape index (κ3) is 7.05. The Kier molecular flexibility index (Phi) is 14.4. The average molecular weight is 651 g/mol. The Morgan fingerprint density at radius 2 is 2.12 bits per heavy atom. The second-order valence-electron chi connectivity index (χ2n) is 4.09. The summed E-state index contributed by atoms with van der Waals surface area (Å²) in [6.07, 6.45) is 6.20. The molecule has 1 rings (SSSR count). The molecule has 2 N–H and O–H groups in total. The van der Waals surface area contributed by atoms with Crippen molar-refractivity contribution in [3.8, 4) is 12.3 Å². The van der Waals surface area contributed by atoms with Gasteiger partial charge in [-0.1, -0.05) is 0 Å². The molecule has 0 aliphatic carbocycles. The van der Waals surface area contributed by atoms with Crippen LogP contribution in [0, 0.1) is 106 Å². The molecular weight excluding hydrogens is 632 g/mol. The van der Waals surface area contributed by atoms with Crippen molar-refractivity contribution in [3.63, 3.8) is 0 Å². The summed E-state index contributed by atoms with van der Waals surface area (Å²) in [5.74, 6) is 2.47. The minimum atomic E-state index is -0.469. The van der Waals surface area contributed by atoms with E-state index in [9.17, 15) is 10.2 Å². The molecule has 2 radical (unpaired) electrons. The standard InChI is InChI=1S/C11H19NO2.2Ac/c1-3-4-5-10(13)9-8-12(2)7-6-11(9)14;;/h1,9-11,13-14H,4-8H2,2H3;;. The smallest absolute Gasteiger partial charge is 0.0617 e. The van der Waals surface area contributed by atoms with Crippen LogP contribution < -0.4 is 0 Å². The van der Waals surface area contributed by atoms with Gasteiger partial charge in [-0.05, 0) is 19.9 Å². The largest absolute Gasteiger partial charge is 0.393 e. The summed E-state index contributed by atoms with van der Waals surface area (Å²) >= 11 is 0. The van der Waals surface area contributed by atoms with E-state index in [1.54, 1.807) is 0 Å². The molecule has 0 bridgehead atoms. The molecule has 0 saturated carbocycles. The molecule has 5 heteroatoms. The van der Waals surface area contributed by atoms with E-state index in [-0.39, 0.29) is 100 Å². The SMILES string of the molecule is C#CCCC(O)C1CN(C)CCC1O.[Ac].[Ac]. The third-order valence-corrected chi connectivity index (χ3v) is 2.90. The molecule has 3 unspecified atom stereocenters. The summed E-state index contributed by atoms with van der Waals surface area (Å²) in [6, 6.07) is 0. The van der Waals surface area contributed by atoms with E-state index < -0.39 is 6.10 Å². The number of likely N-dealkylation sites (tertiary alicyclic amines) is 1. The predicted molar refractivity (Wildman–Crippen MR) is 55.7 cm³/mol. The van der Waals surface area contributed by atoms with Gasteiger partial charge >= 0.3 is 0 Å². The van der Waals surface area contributed by atoms with E-state index in [2.05, 4.69) is 10.8 Å². The molecule has 1 saturated heterocycles. The molecule has 1 fully saturated rings. The van der Waals surface area contributed by atoms with Crippen molar-refractivity contribution < 1.29 is 98.3 Å². The van der Waals surface area contributed by atoms with E-state index in [1.165, 1.54) is 0 Å². The summed E-state index contributed by atoms with van der Waals surface area (Å²) < 4.78 is 0. The molecule has 0 aromatic rings. The molecule has 1 aliphatic heterocycles. The Morgan fingerprint density at radius 3 is 2.69 bits per heavy atom. The summed E-state index contributed by atoms with van der Waals surface area (Å²) in [5, 5.41) is 19.5. The number of piperidine rings is 1. The van der Waals surface area contributed by atoms with Gasteiger partial charge in [-0.15, -0.1) is 12.3 Å². The first kappa shape index (κ1) is 20.6. The van der Waals surface area contributed by atoms with Crippen molar-refractivity contribution in [3.05, 3.63) is 0 Å². The maximum absolute atomic E-state index is 9.81. The van der Waals surface area contributed by atoms with Crippen LogP contribution in [0.3, 0.4) is 0 Å². The van der Waals surface area contributed by atoms with Gasteiger partial charge in [0, 0.05) is 114 Å². The Hall–Kier alpha value is 2.32. The zero-order valence-corrected chi connectivity index (χ0v) is 19.3. The van der Waals surface area contributed by atoms with Gasteiger partial charge < -0.3 is 15.1 Å². The molecule has 0 aromatic heterocycles. The minimum absolute atomic E-state index is 0. The number of aliphatic hydroxyl groups excluding tert-OH is 2. The normalized spacial score (nSPS) is 27.1. The van der Waals surface area contributed by atoms with E-state index in [1.807, 2.05) is 7.05 Å². The van der Waals surface area contributed by atoms with Crippen LogP contribution in [0.15, 0.2) is 0 Å². The summed E-state index contributed by atoms with van der Waals surface area (Å²) in [6.45, 7) is 1.66. The molecule has 16 heavy (non-hydrogen) atoms. The monoisotopic (exact) mass is 651 g/mol. The maximum atomic E-state index is 9.81. The van der Waals surface area contributed by atoms with Crippen LogP contribution in [0.1, 0.15) is 19.3 Å². The van der Waals surface area contributed by atoms with E-state index in [4.69, 9.17) is 6.42 Å². The third-order valence-electron chi connectivity index (χ3n) is 2.90. The van der Waals surface area contributed by atoms with Crippen LogP contribution in [-0.2, 0) is 0 Å². The van der Waals surface area contributed by atoms with Gasteiger partial charge in [0.1, 0.15) is 0 Å². The summed E-state index contributed by atoms with van der Waals surface area (Å²) in [4.78, 5) is 2.14. The summed E-state index contributed by atoms with van der Waals surface area (Å²) in [5.41, 5.74) is 0. The number of hydrogen-bond acceptors (Lipinski definition) is 3. The number of hydrogen-bond donors (Lipinski definition) is 2. The van der Waals surface area contributed by atoms with Crippen molar-refractivity contribution in [2.24, 2.45) is 5.92 Å². The predicted octanol–water partition coefficient (Wildman–Crippen LogP) is 0.0733. The molecule has 1 aliphatic rings. The van der Waals surface area contributed by atoms with Gasteiger partial charge in [0.2, 0.25) is 0 Å². The topological polar surface area (TPSA) is 43.7 Å². The number of terminal acetylenes is 1. The van der Waals surface area contributed by atoms with Crippen LogP contribution in [0.5, 0.6) is 0 Å². The van der Waals surface area contributed by atoms with Crippen LogP contribution in [0.25, 0.3) is 0 Å². The molecule has 3 nitrogen and oxygen atoms in total. The maximum Gasteiger partial charge on any atom is 0.0617 e. The van der Waals surface area contributed by atoms with Crippen molar-refractivity contribution in [1.82, 2.24) is 4.90 Å². The molecule has 3 atom stereocenters. The zero-order chi connectivity index (χ0) is 10.6. The van der Waals surface area contributed by atoms with Crippen molar-refractivity contribution in [1.29, 1.82) is 0 Å². The van der Waals surface area contributed by atoms with Crippen LogP contribution in [0.2, 0.25) is 0 Å². The van der Waals surface area contributed by atoms with Crippen molar-refractivity contribution in [2.75, 3.05) is 20.1 Å². The zero-order valence-electron chi connectivity index (χ0n) is 9.84. The van der Waals surface area contributed by atoms with E-state index >= 15 is 0 Å². The van der Waals surface area contributed by atoms with Crippen LogP contribution in [0.4, 0.5) is 0 Å². The van der Waals surface area contributed by atoms with Gasteiger partial charge in [0.05, 0.1) is 12.2 Å². The summed E-state index contributed by atoms with van der Waals surface area (Å²) in [7, 11) is 2.01. The van der Waals surface area contributed by atoms with Gasteiger partial charge in [-0.2, -0.15) is 0 Å². The van der Waals surface area contributed by atoms with Gasteiger partial charge in [-0.25, -0.2) is 0 Å². The number of nitrogens with zero attached hydrogens (tertiary/aromatic N) is 1. The quantitative estimate of drug-likeness (QED) is 0.426. The van der Waals surface area contributed by atoms with Gasteiger partial charge in [0.25, 0.3) is 0 Å². The fraction of sp³-hybridized carbons (Fsp3) is 0.818. The van der Waals surface area contributed by atoms with Crippen molar-refractivity contribution in [2.45, 2.75) is 31.5 Å². The number of rotatable bonds is 3. The second-order valence-corrected chi connectivity index (χ2v) is 4.09. The average Bonchev–Trinajstić information content (AvgIpc) is 2.18. The first-order valence-corrected chi connectivity index (χ1v) is 5.13. The first-order chi connectivity index (χ1) is 6.65. The Morgan fingerprint density at radius 1 is 1.50 bits per heavy atom. The first-order valence-electron chi connectivity index (χ1n) is 5.13. The van der Waals surface area contributed by atoms with Crippen LogP contribution in [-0.4, -0.2) is 47.5 Å². The molecular formula is C11H19Ac2NO2. The number of aliphatic hydroxyl groups is 2. The fourth-order valence-corrected chi connectivity index (χ4v) is 1.96. The Bertz CT molecular complexity index is 221. The van der Waals surface area contributed by atoms with E-state index in [0.717, 1.165) is 19.5 Å². The molecule has 0 amide bonds.